The molecule has 0 fully saturated rings. The lowest BCUT2D eigenvalue weighted by molar-refractivity contribution is 0.397. The van der Waals surface area contributed by atoms with Crippen molar-refractivity contribution in [1.29, 1.82) is 0 Å². The lowest BCUT2D eigenvalue weighted by Gasteiger charge is -2.20. The molecule has 2 N–H and O–H groups in total. The molecule has 0 spiro atoms. The van der Waals surface area contributed by atoms with E-state index in [9.17, 15) is 0 Å². The van der Waals surface area contributed by atoms with Gasteiger partial charge in [-0.1, -0.05) is 20.8 Å². The number of nitrogen functional groups attached to an aromatic ring is 1. The molecule has 0 amide bonds. The summed E-state index contributed by atoms with van der Waals surface area (Å²) in [5, 5.41) is 0. The van der Waals surface area contributed by atoms with Gasteiger partial charge in [0.25, 0.3) is 0 Å². The van der Waals surface area contributed by atoms with E-state index in [1.165, 1.54) is 12.2 Å². The first-order valence-corrected chi connectivity index (χ1v) is 5.91. The molecule has 84 valence electrons. The summed E-state index contributed by atoms with van der Waals surface area (Å²) in [6.07, 6.45) is 3.33. The minimum atomic E-state index is 0.627. The van der Waals surface area contributed by atoms with Gasteiger partial charge < -0.3 is 10.3 Å². The first-order chi connectivity index (χ1) is 7.08. The monoisotopic (exact) mass is 207 g/mol. The van der Waals surface area contributed by atoms with Gasteiger partial charge in [-0.25, -0.2) is 4.98 Å². The van der Waals surface area contributed by atoms with Crippen LogP contribution in [0.4, 0.5) is 5.82 Å². The summed E-state index contributed by atoms with van der Waals surface area (Å²) in [4.78, 5) is 4.66. The van der Waals surface area contributed by atoms with Crippen molar-refractivity contribution in [2.45, 2.75) is 46.6 Å². The van der Waals surface area contributed by atoms with E-state index in [0.29, 0.717) is 5.92 Å². The zero-order valence-electron chi connectivity index (χ0n) is 9.95. The molecule has 0 radical (unpaired) electrons. The summed E-state index contributed by atoms with van der Waals surface area (Å²) in [7, 11) is 0. The van der Waals surface area contributed by atoms with E-state index in [1.807, 2.05) is 0 Å². The van der Waals surface area contributed by atoms with E-state index in [0.717, 1.165) is 36.8 Å². The molecular formula is C12H21N3. The Kier molecular flexibility index (Phi) is 2.72. The van der Waals surface area contributed by atoms with E-state index < -0.39 is 0 Å². The summed E-state index contributed by atoms with van der Waals surface area (Å²) in [6.45, 7) is 7.75. The van der Waals surface area contributed by atoms with E-state index in [4.69, 9.17) is 5.73 Å². The van der Waals surface area contributed by atoms with E-state index in [1.54, 1.807) is 0 Å². The summed E-state index contributed by atoms with van der Waals surface area (Å²) in [5.74, 6) is 3.47. The normalized spacial score (nSPS) is 20.7. The SMILES string of the molecule is CC(C)Cc1nc2n(c1N)CC(C)CC2. The van der Waals surface area contributed by atoms with Crippen LogP contribution in [-0.2, 0) is 19.4 Å². The first-order valence-electron chi connectivity index (χ1n) is 5.91. The number of aryl methyl sites for hydroxylation is 1. The minimum Gasteiger partial charge on any atom is -0.384 e. The van der Waals surface area contributed by atoms with Crippen molar-refractivity contribution in [3.05, 3.63) is 11.5 Å². The molecule has 0 bridgehead atoms. The number of rotatable bonds is 2. The van der Waals surface area contributed by atoms with Gasteiger partial charge in [-0.3, -0.25) is 0 Å². The predicted octanol–water partition coefficient (Wildman–Crippen LogP) is 2.25. The highest BCUT2D eigenvalue weighted by molar-refractivity contribution is 5.39. The van der Waals surface area contributed by atoms with Crippen molar-refractivity contribution in [1.82, 2.24) is 9.55 Å². The summed E-state index contributed by atoms with van der Waals surface area (Å²) < 4.78 is 2.21. The Labute approximate surface area is 91.7 Å². The van der Waals surface area contributed by atoms with Gasteiger partial charge in [0.15, 0.2) is 0 Å². The van der Waals surface area contributed by atoms with Crippen LogP contribution in [0.2, 0.25) is 0 Å². The largest absolute Gasteiger partial charge is 0.384 e. The van der Waals surface area contributed by atoms with Gasteiger partial charge in [-0.05, 0) is 24.7 Å². The molecule has 2 rings (SSSR count). The lowest BCUT2D eigenvalue weighted by Crippen LogP contribution is -2.19. The zero-order valence-corrected chi connectivity index (χ0v) is 9.95. The summed E-state index contributed by atoms with van der Waals surface area (Å²) in [6, 6.07) is 0. The Morgan fingerprint density at radius 1 is 1.53 bits per heavy atom. The quantitative estimate of drug-likeness (QED) is 0.808. The van der Waals surface area contributed by atoms with Crippen LogP contribution in [0.5, 0.6) is 0 Å². The number of anilines is 1. The second-order valence-corrected chi connectivity index (χ2v) is 5.21. The Hall–Kier alpha value is -0.990. The molecule has 3 nitrogen and oxygen atoms in total. The van der Waals surface area contributed by atoms with Gasteiger partial charge in [-0.15, -0.1) is 0 Å². The average Bonchev–Trinajstić information content (AvgIpc) is 2.44. The van der Waals surface area contributed by atoms with Crippen LogP contribution in [0.25, 0.3) is 0 Å². The van der Waals surface area contributed by atoms with Gasteiger partial charge in [0.05, 0.1) is 5.69 Å². The molecule has 1 aliphatic rings. The Morgan fingerprint density at radius 2 is 2.27 bits per heavy atom. The molecule has 15 heavy (non-hydrogen) atoms. The Balaban J connectivity index is 2.28. The topological polar surface area (TPSA) is 43.8 Å². The minimum absolute atomic E-state index is 0.627. The van der Waals surface area contributed by atoms with Gasteiger partial charge in [0.2, 0.25) is 0 Å². The number of hydrogen-bond donors (Lipinski definition) is 1. The smallest absolute Gasteiger partial charge is 0.126 e. The molecule has 3 heteroatoms. The second kappa shape index (κ2) is 3.87. The first kappa shape index (κ1) is 10.5. The fourth-order valence-electron chi connectivity index (χ4n) is 2.28. The number of nitrogens with two attached hydrogens (primary N) is 1. The number of nitrogens with zero attached hydrogens (tertiary/aromatic N) is 2. The molecule has 1 aromatic rings. The van der Waals surface area contributed by atoms with Crippen molar-refractivity contribution >= 4 is 5.82 Å². The van der Waals surface area contributed by atoms with Crippen LogP contribution in [0.3, 0.4) is 0 Å². The maximum Gasteiger partial charge on any atom is 0.126 e. The third kappa shape index (κ3) is 2.01. The van der Waals surface area contributed by atoms with E-state index >= 15 is 0 Å². The third-order valence-corrected chi connectivity index (χ3v) is 3.12. The number of fused-ring (bicyclic) bond motifs is 1. The fourth-order valence-corrected chi connectivity index (χ4v) is 2.28. The average molecular weight is 207 g/mol. The maximum absolute atomic E-state index is 6.14. The Bertz CT molecular complexity index is 352. The zero-order chi connectivity index (χ0) is 11.0. The van der Waals surface area contributed by atoms with Gasteiger partial charge in [0, 0.05) is 13.0 Å². The molecular weight excluding hydrogens is 186 g/mol. The van der Waals surface area contributed by atoms with Crippen LogP contribution < -0.4 is 5.73 Å². The van der Waals surface area contributed by atoms with Crippen LogP contribution >= 0.6 is 0 Å². The molecule has 0 saturated carbocycles. The van der Waals surface area contributed by atoms with E-state index in [-0.39, 0.29) is 0 Å². The molecule has 0 aromatic carbocycles. The molecule has 0 saturated heterocycles. The number of aromatic nitrogens is 2. The van der Waals surface area contributed by atoms with Crippen LogP contribution in [0.15, 0.2) is 0 Å². The van der Waals surface area contributed by atoms with Crippen LogP contribution in [-0.4, -0.2) is 9.55 Å². The summed E-state index contributed by atoms with van der Waals surface area (Å²) in [5.41, 5.74) is 7.24. The second-order valence-electron chi connectivity index (χ2n) is 5.21. The van der Waals surface area contributed by atoms with Gasteiger partial charge in [-0.2, -0.15) is 0 Å². The summed E-state index contributed by atoms with van der Waals surface area (Å²) >= 11 is 0. The molecule has 1 aromatic heterocycles. The predicted molar refractivity (Wildman–Crippen MR) is 62.7 cm³/mol. The number of imidazole rings is 1. The lowest BCUT2D eigenvalue weighted by atomic mass is 10.0. The van der Waals surface area contributed by atoms with Crippen molar-refractivity contribution in [3.8, 4) is 0 Å². The fraction of sp³-hybridized carbons (Fsp3) is 0.750. The van der Waals surface area contributed by atoms with Crippen molar-refractivity contribution in [2.75, 3.05) is 5.73 Å². The van der Waals surface area contributed by atoms with E-state index in [2.05, 4.69) is 30.3 Å². The molecule has 0 aliphatic carbocycles. The molecule has 1 aliphatic heterocycles. The third-order valence-electron chi connectivity index (χ3n) is 3.12. The number of hydrogen-bond acceptors (Lipinski definition) is 2. The van der Waals surface area contributed by atoms with Gasteiger partial charge >= 0.3 is 0 Å². The highest BCUT2D eigenvalue weighted by Crippen LogP contribution is 2.25. The van der Waals surface area contributed by atoms with Crippen molar-refractivity contribution in [2.24, 2.45) is 11.8 Å². The van der Waals surface area contributed by atoms with Crippen molar-refractivity contribution < 1.29 is 0 Å². The molecule has 1 unspecified atom stereocenters. The highest BCUT2D eigenvalue weighted by Gasteiger charge is 2.21. The molecule has 1 atom stereocenters. The highest BCUT2D eigenvalue weighted by atomic mass is 15.1. The molecule has 2 heterocycles. The Morgan fingerprint density at radius 3 is 2.93 bits per heavy atom. The van der Waals surface area contributed by atoms with Gasteiger partial charge in [0.1, 0.15) is 11.6 Å². The van der Waals surface area contributed by atoms with Crippen LogP contribution in [0, 0.1) is 11.8 Å². The standard InChI is InChI=1S/C12H21N3/c1-8(2)6-10-12(13)15-7-9(3)4-5-11(15)14-10/h8-9H,4-7,13H2,1-3H3. The maximum atomic E-state index is 6.14. The van der Waals surface area contributed by atoms with Crippen LogP contribution in [0.1, 0.15) is 38.7 Å². The van der Waals surface area contributed by atoms with Crippen molar-refractivity contribution in [3.63, 3.8) is 0 Å².